The van der Waals surface area contributed by atoms with E-state index >= 15 is 8.78 Å². The van der Waals surface area contributed by atoms with Gasteiger partial charge in [0, 0.05) is 5.92 Å². The Bertz CT molecular complexity index is 1010. The topological polar surface area (TPSA) is 29.5 Å². The van der Waals surface area contributed by atoms with E-state index in [9.17, 15) is 13.9 Å². The van der Waals surface area contributed by atoms with Crippen molar-refractivity contribution in [2.75, 3.05) is 6.61 Å². The van der Waals surface area contributed by atoms with Crippen LogP contribution in [0, 0.1) is 41.2 Å². The molecule has 0 amide bonds. The van der Waals surface area contributed by atoms with E-state index in [1.54, 1.807) is 12.1 Å². The van der Waals surface area contributed by atoms with Crippen molar-refractivity contribution in [3.8, 4) is 5.75 Å². The van der Waals surface area contributed by atoms with E-state index in [0.717, 1.165) is 57.8 Å². The molecule has 2 unspecified atom stereocenters. The third-order valence-corrected chi connectivity index (χ3v) is 9.26. The molecule has 6 heteroatoms. The van der Waals surface area contributed by atoms with Gasteiger partial charge >= 0.3 is 0 Å². The number of benzene rings is 1. The van der Waals surface area contributed by atoms with Crippen molar-refractivity contribution in [2.45, 2.75) is 90.1 Å². The molecule has 210 valence electrons. The van der Waals surface area contributed by atoms with Gasteiger partial charge in [-0.2, -0.15) is 4.39 Å². The van der Waals surface area contributed by atoms with Gasteiger partial charge in [0.25, 0.3) is 0 Å². The Balaban J connectivity index is 1.26. The Labute approximate surface area is 224 Å². The van der Waals surface area contributed by atoms with E-state index in [1.165, 1.54) is 6.07 Å². The second-order valence-corrected chi connectivity index (χ2v) is 11.6. The number of aliphatic hydroxyl groups excluding tert-OH is 1. The molecule has 4 rings (SSSR count). The average molecular weight is 535 g/mol. The number of rotatable bonds is 10. The predicted octanol–water partition coefficient (Wildman–Crippen LogP) is 8.94. The van der Waals surface area contributed by atoms with Gasteiger partial charge in [-0.25, -0.2) is 13.2 Å². The molecule has 1 aromatic rings. The van der Waals surface area contributed by atoms with Crippen molar-refractivity contribution in [1.29, 1.82) is 0 Å². The standard InChI is InChI=1S/C32H42F4O2/c1-3-4-19-38-28-18-15-25(29(33)32(28)36)10-7-21-5-8-23(9-6-21)26-16-17-27(31(35)30(26)34)24-13-11-22(12-14-24)20(2)37/h3,15-16,18,20-24,27,37H,1,4-14,17,19H2,2H3. The maximum absolute atomic E-state index is 15.2. The van der Waals surface area contributed by atoms with Gasteiger partial charge in [0.05, 0.1) is 12.7 Å². The first-order valence-corrected chi connectivity index (χ1v) is 14.4. The van der Waals surface area contributed by atoms with Crippen LogP contribution in [0.3, 0.4) is 0 Å². The highest BCUT2D eigenvalue weighted by Crippen LogP contribution is 2.47. The van der Waals surface area contributed by atoms with E-state index in [1.807, 2.05) is 13.0 Å². The third-order valence-electron chi connectivity index (χ3n) is 9.26. The van der Waals surface area contributed by atoms with E-state index in [2.05, 4.69) is 6.58 Å². The van der Waals surface area contributed by atoms with Gasteiger partial charge in [-0.05, 0) is 125 Å². The molecule has 0 spiro atoms. The molecule has 1 aromatic carbocycles. The number of hydrogen-bond donors (Lipinski definition) is 1. The minimum atomic E-state index is -0.946. The summed E-state index contributed by atoms with van der Waals surface area (Å²) in [7, 11) is 0. The summed E-state index contributed by atoms with van der Waals surface area (Å²) < 4.78 is 64.6. The summed E-state index contributed by atoms with van der Waals surface area (Å²) in [6.07, 6.45) is 12.3. The molecule has 2 fully saturated rings. The van der Waals surface area contributed by atoms with Crippen LogP contribution in [0.5, 0.6) is 5.75 Å². The van der Waals surface area contributed by atoms with Crippen LogP contribution in [0.15, 0.2) is 48.1 Å². The quantitative estimate of drug-likeness (QED) is 0.184. The van der Waals surface area contributed by atoms with Gasteiger partial charge in [-0.1, -0.05) is 18.2 Å². The fraction of sp³-hybridized carbons (Fsp3) is 0.625. The first kappa shape index (κ1) is 28.9. The molecule has 0 heterocycles. The van der Waals surface area contributed by atoms with Crippen LogP contribution < -0.4 is 4.74 Å². The lowest BCUT2D eigenvalue weighted by molar-refractivity contribution is 0.0782. The average Bonchev–Trinajstić information content (AvgIpc) is 2.92. The summed E-state index contributed by atoms with van der Waals surface area (Å²) in [6.45, 7) is 5.65. The Morgan fingerprint density at radius 1 is 1.00 bits per heavy atom. The molecule has 0 radical (unpaired) electrons. The molecule has 0 bridgehead atoms. The molecule has 2 atom stereocenters. The normalized spacial score (nSPS) is 29.1. The molecular formula is C32H42F4O2. The number of ether oxygens (including phenoxy) is 1. The maximum atomic E-state index is 15.2. The maximum Gasteiger partial charge on any atom is 0.200 e. The number of hydrogen-bond acceptors (Lipinski definition) is 2. The first-order valence-electron chi connectivity index (χ1n) is 14.4. The van der Waals surface area contributed by atoms with Gasteiger partial charge in [0.15, 0.2) is 17.4 Å². The van der Waals surface area contributed by atoms with Gasteiger partial charge < -0.3 is 9.84 Å². The Morgan fingerprint density at radius 2 is 1.71 bits per heavy atom. The minimum absolute atomic E-state index is 0.0186. The molecule has 0 aromatic heterocycles. The van der Waals surface area contributed by atoms with Crippen molar-refractivity contribution in [1.82, 2.24) is 0 Å². The molecule has 2 nitrogen and oxygen atoms in total. The third kappa shape index (κ3) is 6.73. The molecule has 0 aliphatic heterocycles. The molecule has 0 saturated heterocycles. The van der Waals surface area contributed by atoms with Crippen molar-refractivity contribution in [3.63, 3.8) is 0 Å². The Hall–Kier alpha value is -2.08. The van der Waals surface area contributed by atoms with Crippen LogP contribution in [0.2, 0.25) is 0 Å². The molecule has 1 N–H and O–H groups in total. The monoisotopic (exact) mass is 534 g/mol. The number of aryl methyl sites for hydroxylation is 1. The van der Waals surface area contributed by atoms with Gasteiger partial charge in [0.1, 0.15) is 5.83 Å². The second kappa shape index (κ2) is 13.3. The van der Waals surface area contributed by atoms with Crippen LogP contribution in [-0.2, 0) is 6.42 Å². The van der Waals surface area contributed by atoms with Crippen LogP contribution >= 0.6 is 0 Å². The summed E-state index contributed by atoms with van der Waals surface area (Å²) in [4.78, 5) is 0. The second-order valence-electron chi connectivity index (χ2n) is 11.6. The number of aliphatic hydroxyl groups is 1. The Kier molecular flexibility index (Phi) is 10.1. The summed E-state index contributed by atoms with van der Waals surface area (Å²) >= 11 is 0. The van der Waals surface area contributed by atoms with Crippen LogP contribution in [0.1, 0.15) is 83.1 Å². The number of allylic oxidation sites excluding steroid dienone is 4. The van der Waals surface area contributed by atoms with Gasteiger partial charge in [0.2, 0.25) is 5.82 Å². The van der Waals surface area contributed by atoms with Crippen molar-refractivity contribution in [3.05, 3.63) is 65.3 Å². The van der Waals surface area contributed by atoms with E-state index < -0.39 is 23.3 Å². The zero-order chi connectivity index (χ0) is 27.2. The van der Waals surface area contributed by atoms with E-state index in [-0.39, 0.29) is 42.1 Å². The highest BCUT2D eigenvalue weighted by Gasteiger charge is 2.37. The van der Waals surface area contributed by atoms with E-state index in [0.29, 0.717) is 36.3 Å². The fourth-order valence-corrected chi connectivity index (χ4v) is 6.77. The van der Waals surface area contributed by atoms with Gasteiger partial charge in [-0.3, -0.25) is 0 Å². The highest BCUT2D eigenvalue weighted by atomic mass is 19.2. The smallest absolute Gasteiger partial charge is 0.200 e. The van der Waals surface area contributed by atoms with Crippen molar-refractivity contribution >= 4 is 0 Å². The molecule has 3 aliphatic carbocycles. The minimum Gasteiger partial charge on any atom is -0.490 e. The first-order chi connectivity index (χ1) is 18.3. The zero-order valence-electron chi connectivity index (χ0n) is 22.5. The lowest BCUT2D eigenvalue weighted by Gasteiger charge is -2.36. The summed E-state index contributed by atoms with van der Waals surface area (Å²) in [5.74, 6) is -2.68. The Morgan fingerprint density at radius 3 is 2.37 bits per heavy atom. The molecule has 2 saturated carbocycles. The van der Waals surface area contributed by atoms with E-state index in [4.69, 9.17) is 4.74 Å². The van der Waals surface area contributed by atoms with Crippen molar-refractivity contribution in [2.24, 2.45) is 29.6 Å². The molecule has 38 heavy (non-hydrogen) atoms. The lowest BCUT2D eigenvalue weighted by atomic mass is 9.70. The predicted molar refractivity (Wildman–Crippen MR) is 143 cm³/mol. The number of halogens is 4. The molecule has 3 aliphatic rings. The highest BCUT2D eigenvalue weighted by molar-refractivity contribution is 5.35. The summed E-state index contributed by atoms with van der Waals surface area (Å²) in [5, 5.41) is 9.83. The molecular weight excluding hydrogens is 492 g/mol. The fourth-order valence-electron chi connectivity index (χ4n) is 6.77. The van der Waals surface area contributed by atoms with Crippen LogP contribution in [0.25, 0.3) is 0 Å². The SMILES string of the molecule is C=CCCOc1ccc(CCC2CCC(C3=CCC(C4CCC(C(C)O)CC4)C(F)=C3F)CC2)c(F)c1F. The largest absolute Gasteiger partial charge is 0.490 e. The lowest BCUT2D eigenvalue weighted by Crippen LogP contribution is -2.28. The van der Waals surface area contributed by atoms with Crippen LogP contribution in [-0.4, -0.2) is 17.8 Å². The van der Waals surface area contributed by atoms with Crippen molar-refractivity contribution < 1.29 is 27.4 Å². The van der Waals surface area contributed by atoms with Gasteiger partial charge in [-0.15, -0.1) is 6.58 Å². The van der Waals surface area contributed by atoms with Crippen LogP contribution in [0.4, 0.5) is 17.6 Å². The summed E-state index contributed by atoms with van der Waals surface area (Å²) in [5.41, 5.74) is 0.885. The zero-order valence-corrected chi connectivity index (χ0v) is 22.5. The summed E-state index contributed by atoms with van der Waals surface area (Å²) in [6, 6.07) is 3.08.